The van der Waals surface area contributed by atoms with Gasteiger partial charge in [-0.3, -0.25) is 9.59 Å². The highest BCUT2D eigenvalue weighted by Crippen LogP contribution is 2.41. The van der Waals surface area contributed by atoms with E-state index in [1.54, 1.807) is 4.57 Å². The lowest BCUT2D eigenvalue weighted by atomic mass is 9.76. The first kappa shape index (κ1) is 17.2. The molecule has 5 heteroatoms. The summed E-state index contributed by atoms with van der Waals surface area (Å²) in [4.78, 5) is 30.7. The van der Waals surface area contributed by atoms with Gasteiger partial charge in [0.05, 0.1) is 34.4 Å². The minimum absolute atomic E-state index is 0.0483. The van der Waals surface area contributed by atoms with E-state index in [1.807, 2.05) is 32.0 Å². The van der Waals surface area contributed by atoms with Crippen LogP contribution in [-0.4, -0.2) is 15.5 Å². The van der Waals surface area contributed by atoms with E-state index < -0.39 is 5.41 Å². The Morgan fingerprint density at radius 1 is 1.21 bits per heavy atom. The van der Waals surface area contributed by atoms with Crippen LogP contribution in [0.1, 0.15) is 48.1 Å². The molecular formula is C23H22N2O3. The number of esters is 1. The number of carbonyl (C=O) groups excluding carboxylic acids is 1. The third-order valence-corrected chi connectivity index (χ3v) is 6.66. The van der Waals surface area contributed by atoms with Crippen LogP contribution in [0.3, 0.4) is 0 Å². The molecule has 0 unspecified atom stereocenters. The summed E-state index contributed by atoms with van der Waals surface area (Å²) in [5.74, 6) is -0.261. The molecule has 142 valence electrons. The van der Waals surface area contributed by atoms with Gasteiger partial charge in [-0.1, -0.05) is 19.1 Å². The molecule has 4 heterocycles. The number of cyclic esters (lactones) is 1. The molecule has 2 aromatic heterocycles. The molecule has 3 aromatic rings. The number of ether oxygens (including phenoxy) is 1. The Bertz CT molecular complexity index is 1260. The summed E-state index contributed by atoms with van der Waals surface area (Å²) in [6.07, 6.45) is 0.581. The molecule has 0 amide bonds. The van der Waals surface area contributed by atoms with Gasteiger partial charge in [-0.05, 0) is 56.0 Å². The highest BCUT2D eigenvalue weighted by atomic mass is 16.5. The van der Waals surface area contributed by atoms with Crippen molar-refractivity contribution in [3.05, 3.63) is 62.4 Å². The number of rotatable bonds is 1. The van der Waals surface area contributed by atoms with Crippen molar-refractivity contribution in [3.63, 3.8) is 0 Å². The molecule has 28 heavy (non-hydrogen) atoms. The van der Waals surface area contributed by atoms with E-state index in [1.165, 1.54) is 11.1 Å². The van der Waals surface area contributed by atoms with Crippen molar-refractivity contribution >= 4 is 16.9 Å². The average Bonchev–Trinajstić information content (AvgIpc) is 3.05. The van der Waals surface area contributed by atoms with Crippen molar-refractivity contribution in [2.24, 2.45) is 0 Å². The number of fused-ring (bicyclic) bond motifs is 5. The van der Waals surface area contributed by atoms with Crippen LogP contribution >= 0.6 is 0 Å². The van der Waals surface area contributed by atoms with E-state index in [0.29, 0.717) is 18.5 Å². The molecule has 0 aliphatic carbocycles. The fraction of sp³-hybridized carbons (Fsp3) is 0.348. The minimum atomic E-state index is -0.798. The second-order valence-electron chi connectivity index (χ2n) is 8.11. The number of nitrogens with zero attached hydrogens (tertiary/aromatic N) is 2. The van der Waals surface area contributed by atoms with Crippen molar-refractivity contribution in [1.82, 2.24) is 9.55 Å². The average molecular weight is 374 g/mol. The number of aryl methyl sites for hydroxylation is 2. The first-order valence-electron chi connectivity index (χ1n) is 9.70. The van der Waals surface area contributed by atoms with Gasteiger partial charge in [-0.25, -0.2) is 4.98 Å². The van der Waals surface area contributed by atoms with Gasteiger partial charge < -0.3 is 9.30 Å². The van der Waals surface area contributed by atoms with Crippen molar-refractivity contribution in [1.29, 1.82) is 0 Å². The predicted octanol–water partition coefficient (Wildman–Crippen LogP) is 3.77. The van der Waals surface area contributed by atoms with Gasteiger partial charge in [0, 0.05) is 10.9 Å². The first-order chi connectivity index (χ1) is 13.4. The number of carbonyl (C=O) groups is 1. The number of benzene rings is 1. The number of aromatic nitrogens is 2. The quantitative estimate of drug-likeness (QED) is 0.476. The van der Waals surface area contributed by atoms with Crippen molar-refractivity contribution in [3.8, 4) is 11.4 Å². The Labute approximate surface area is 163 Å². The summed E-state index contributed by atoms with van der Waals surface area (Å²) in [6, 6.07) is 8.12. The van der Waals surface area contributed by atoms with Gasteiger partial charge in [0.2, 0.25) is 0 Å². The minimum Gasteiger partial charge on any atom is -0.460 e. The van der Waals surface area contributed by atoms with Crippen LogP contribution in [0, 0.1) is 13.8 Å². The Balaban J connectivity index is 1.85. The second kappa shape index (κ2) is 5.53. The SMILES string of the molecule is CC[C@@]1(C)C(=O)OCc2c1cc1n(c2=O)Cc2c-1nc1cccc(C)c1c2C. The standard InChI is InChI=1S/C23H22N2O3/c1-5-23(4)16-9-18-20-14(10-25(18)21(26)15(16)11-28-22(23)27)13(3)19-12(2)7-6-8-17(19)24-20/h6-9H,5,10-11H2,1-4H3/t23-/m1/s1. The topological polar surface area (TPSA) is 61.2 Å². The van der Waals surface area contributed by atoms with Crippen LogP contribution in [0.2, 0.25) is 0 Å². The molecule has 0 N–H and O–H groups in total. The summed E-state index contributed by atoms with van der Waals surface area (Å²) < 4.78 is 7.15. The summed E-state index contributed by atoms with van der Waals surface area (Å²) >= 11 is 0. The molecule has 1 atom stereocenters. The summed E-state index contributed by atoms with van der Waals surface area (Å²) in [6.45, 7) is 8.57. The lowest BCUT2D eigenvalue weighted by Crippen LogP contribution is -2.42. The van der Waals surface area contributed by atoms with Gasteiger partial charge in [0.15, 0.2) is 0 Å². The van der Waals surface area contributed by atoms with E-state index in [-0.39, 0.29) is 18.1 Å². The van der Waals surface area contributed by atoms with E-state index in [2.05, 4.69) is 19.9 Å². The molecule has 1 aromatic carbocycles. The molecule has 5 rings (SSSR count). The first-order valence-corrected chi connectivity index (χ1v) is 9.70. The van der Waals surface area contributed by atoms with Gasteiger partial charge in [-0.2, -0.15) is 0 Å². The lowest BCUT2D eigenvalue weighted by Gasteiger charge is -2.33. The summed E-state index contributed by atoms with van der Waals surface area (Å²) in [5.41, 5.74) is 6.56. The van der Waals surface area contributed by atoms with Crippen molar-refractivity contribution in [2.75, 3.05) is 0 Å². The molecule has 0 bridgehead atoms. The van der Waals surface area contributed by atoms with E-state index in [0.717, 1.165) is 33.4 Å². The molecular weight excluding hydrogens is 352 g/mol. The van der Waals surface area contributed by atoms with Crippen LogP contribution in [0.15, 0.2) is 29.1 Å². The van der Waals surface area contributed by atoms with Crippen molar-refractivity contribution < 1.29 is 9.53 Å². The normalized spacial score (nSPS) is 19.9. The van der Waals surface area contributed by atoms with E-state index in [4.69, 9.17) is 9.72 Å². The van der Waals surface area contributed by atoms with E-state index >= 15 is 0 Å². The van der Waals surface area contributed by atoms with Gasteiger partial charge in [0.1, 0.15) is 6.61 Å². The molecule has 2 aliphatic heterocycles. The Morgan fingerprint density at radius 3 is 2.75 bits per heavy atom. The van der Waals surface area contributed by atoms with E-state index in [9.17, 15) is 9.59 Å². The van der Waals surface area contributed by atoms with Crippen LogP contribution in [0.25, 0.3) is 22.3 Å². The lowest BCUT2D eigenvalue weighted by molar-refractivity contribution is -0.153. The fourth-order valence-corrected chi connectivity index (χ4v) is 4.73. The Morgan fingerprint density at radius 2 is 2.00 bits per heavy atom. The molecule has 0 radical (unpaired) electrons. The Kier molecular flexibility index (Phi) is 3.39. The maximum absolute atomic E-state index is 13.3. The fourth-order valence-electron chi connectivity index (χ4n) is 4.73. The monoisotopic (exact) mass is 374 g/mol. The van der Waals surface area contributed by atoms with Crippen LogP contribution in [0.4, 0.5) is 0 Å². The zero-order valence-corrected chi connectivity index (χ0v) is 16.5. The molecule has 0 spiro atoms. The van der Waals surface area contributed by atoms with Crippen LogP contribution in [0.5, 0.6) is 0 Å². The van der Waals surface area contributed by atoms with Gasteiger partial charge >= 0.3 is 5.97 Å². The Hall–Kier alpha value is -2.95. The number of hydrogen-bond donors (Lipinski definition) is 0. The third kappa shape index (κ3) is 1.99. The zero-order chi connectivity index (χ0) is 19.8. The van der Waals surface area contributed by atoms with Gasteiger partial charge in [0.25, 0.3) is 5.56 Å². The number of hydrogen-bond acceptors (Lipinski definition) is 4. The maximum atomic E-state index is 13.3. The molecule has 2 aliphatic rings. The summed E-state index contributed by atoms with van der Waals surface area (Å²) in [5, 5.41) is 1.16. The van der Waals surface area contributed by atoms with Crippen LogP contribution < -0.4 is 5.56 Å². The van der Waals surface area contributed by atoms with Gasteiger partial charge in [-0.15, -0.1) is 0 Å². The summed E-state index contributed by atoms with van der Waals surface area (Å²) in [7, 11) is 0. The molecule has 0 saturated heterocycles. The largest absolute Gasteiger partial charge is 0.460 e. The second-order valence-corrected chi connectivity index (χ2v) is 8.11. The predicted molar refractivity (Wildman–Crippen MR) is 107 cm³/mol. The zero-order valence-electron chi connectivity index (χ0n) is 16.5. The smallest absolute Gasteiger partial charge is 0.316 e. The molecule has 5 nitrogen and oxygen atoms in total. The van der Waals surface area contributed by atoms with Crippen molar-refractivity contribution in [2.45, 2.75) is 52.7 Å². The number of pyridine rings is 2. The highest BCUT2D eigenvalue weighted by molar-refractivity contribution is 5.91. The maximum Gasteiger partial charge on any atom is 0.316 e. The van der Waals surface area contributed by atoms with Crippen LogP contribution in [-0.2, 0) is 28.1 Å². The highest BCUT2D eigenvalue weighted by Gasteiger charge is 2.43. The molecule has 0 saturated carbocycles. The molecule has 0 fully saturated rings. The third-order valence-electron chi connectivity index (χ3n) is 6.66.